The Balaban J connectivity index is 1.89. The van der Waals surface area contributed by atoms with E-state index in [-0.39, 0.29) is 5.54 Å². The largest absolute Gasteiger partial charge is 0.383 e. The number of ether oxygens (including phenoxy) is 1. The minimum atomic E-state index is -0.0353. The molecule has 1 saturated carbocycles. The fourth-order valence-corrected chi connectivity index (χ4v) is 2.25. The first kappa shape index (κ1) is 11.7. The van der Waals surface area contributed by atoms with E-state index >= 15 is 0 Å². The molecule has 1 atom stereocenters. The van der Waals surface area contributed by atoms with Gasteiger partial charge in [-0.1, -0.05) is 0 Å². The number of nitrogens with zero attached hydrogens (tertiary/aromatic N) is 2. The summed E-state index contributed by atoms with van der Waals surface area (Å²) < 4.78 is 5.46. The molecular formula is C13H20N4O. The van der Waals surface area contributed by atoms with Crippen molar-refractivity contribution in [1.29, 1.82) is 0 Å². The lowest BCUT2D eigenvalue weighted by Crippen LogP contribution is -2.36. The second-order valence-electron chi connectivity index (χ2n) is 5.70. The van der Waals surface area contributed by atoms with E-state index in [1.807, 2.05) is 6.92 Å². The standard InChI is InChI=1S/C13H20N4O/c1-8-10(14)15-12(9-3-4-9)16-11(8)17-13(2)5-6-18-7-13/h9H,3-7H2,1-2H3,(H3,14,15,16,17). The number of anilines is 2. The fraction of sp³-hybridized carbons (Fsp3) is 0.692. The molecular weight excluding hydrogens is 228 g/mol. The van der Waals surface area contributed by atoms with Crippen molar-refractivity contribution in [2.45, 2.75) is 44.6 Å². The molecule has 0 spiro atoms. The highest BCUT2D eigenvalue weighted by Crippen LogP contribution is 2.39. The number of nitrogen functional groups attached to an aromatic ring is 1. The van der Waals surface area contributed by atoms with Gasteiger partial charge in [-0.05, 0) is 33.1 Å². The molecule has 1 aliphatic heterocycles. The lowest BCUT2D eigenvalue weighted by Gasteiger charge is -2.25. The van der Waals surface area contributed by atoms with Crippen molar-refractivity contribution >= 4 is 11.6 Å². The zero-order valence-electron chi connectivity index (χ0n) is 11.0. The topological polar surface area (TPSA) is 73.1 Å². The maximum absolute atomic E-state index is 5.98. The van der Waals surface area contributed by atoms with Crippen LogP contribution in [0.5, 0.6) is 0 Å². The summed E-state index contributed by atoms with van der Waals surface area (Å²) in [5, 5.41) is 3.49. The van der Waals surface area contributed by atoms with E-state index in [1.54, 1.807) is 0 Å². The van der Waals surface area contributed by atoms with Gasteiger partial charge in [0.15, 0.2) is 0 Å². The number of hydrogen-bond donors (Lipinski definition) is 2. The zero-order chi connectivity index (χ0) is 12.8. The van der Waals surface area contributed by atoms with Gasteiger partial charge in [0.2, 0.25) is 0 Å². The molecule has 5 nitrogen and oxygen atoms in total. The Morgan fingerprint density at radius 2 is 2.17 bits per heavy atom. The molecule has 0 aromatic carbocycles. The molecule has 2 fully saturated rings. The van der Waals surface area contributed by atoms with E-state index in [2.05, 4.69) is 22.2 Å². The van der Waals surface area contributed by atoms with E-state index in [1.165, 1.54) is 12.8 Å². The van der Waals surface area contributed by atoms with Crippen LogP contribution in [0.25, 0.3) is 0 Å². The van der Waals surface area contributed by atoms with E-state index in [9.17, 15) is 0 Å². The summed E-state index contributed by atoms with van der Waals surface area (Å²) in [6.45, 7) is 5.65. The van der Waals surface area contributed by atoms with Crippen molar-refractivity contribution in [1.82, 2.24) is 9.97 Å². The quantitative estimate of drug-likeness (QED) is 0.853. The van der Waals surface area contributed by atoms with Gasteiger partial charge in [-0.3, -0.25) is 0 Å². The molecule has 3 rings (SSSR count). The predicted molar refractivity (Wildman–Crippen MR) is 70.6 cm³/mol. The highest BCUT2D eigenvalue weighted by molar-refractivity contribution is 5.56. The van der Waals surface area contributed by atoms with Gasteiger partial charge in [0.1, 0.15) is 17.5 Å². The highest BCUT2D eigenvalue weighted by Gasteiger charge is 2.32. The molecule has 2 heterocycles. The summed E-state index contributed by atoms with van der Waals surface area (Å²) >= 11 is 0. The number of hydrogen-bond acceptors (Lipinski definition) is 5. The first-order chi connectivity index (χ1) is 8.57. The molecule has 5 heteroatoms. The lowest BCUT2D eigenvalue weighted by molar-refractivity contribution is 0.185. The fourth-order valence-electron chi connectivity index (χ4n) is 2.25. The molecule has 98 valence electrons. The summed E-state index contributed by atoms with van der Waals surface area (Å²) in [5.41, 5.74) is 6.88. The second kappa shape index (κ2) is 4.09. The van der Waals surface area contributed by atoms with Crippen LogP contribution in [-0.4, -0.2) is 28.7 Å². The predicted octanol–water partition coefficient (Wildman–Crippen LogP) is 1.84. The van der Waals surface area contributed by atoms with Crippen LogP contribution in [-0.2, 0) is 4.74 Å². The molecule has 1 aromatic heterocycles. The van der Waals surface area contributed by atoms with Crippen LogP contribution >= 0.6 is 0 Å². The van der Waals surface area contributed by atoms with Gasteiger partial charge in [0.25, 0.3) is 0 Å². The second-order valence-corrected chi connectivity index (χ2v) is 5.70. The molecule has 2 aliphatic rings. The smallest absolute Gasteiger partial charge is 0.136 e. The van der Waals surface area contributed by atoms with Crippen molar-refractivity contribution in [2.24, 2.45) is 0 Å². The SMILES string of the molecule is Cc1c(N)nc(C2CC2)nc1NC1(C)CCOC1. The normalized spacial score (nSPS) is 27.4. The van der Waals surface area contributed by atoms with Gasteiger partial charge >= 0.3 is 0 Å². The number of nitrogens with two attached hydrogens (primary N) is 1. The Morgan fingerprint density at radius 1 is 1.39 bits per heavy atom. The molecule has 1 saturated heterocycles. The monoisotopic (exact) mass is 248 g/mol. The Morgan fingerprint density at radius 3 is 2.78 bits per heavy atom. The molecule has 0 radical (unpaired) electrons. The summed E-state index contributed by atoms with van der Waals surface area (Å²) in [6.07, 6.45) is 3.36. The van der Waals surface area contributed by atoms with Crippen molar-refractivity contribution in [3.05, 3.63) is 11.4 Å². The van der Waals surface area contributed by atoms with E-state index in [4.69, 9.17) is 10.5 Å². The van der Waals surface area contributed by atoms with Gasteiger partial charge in [0.05, 0.1) is 12.1 Å². The summed E-state index contributed by atoms with van der Waals surface area (Å²) in [5.74, 6) is 2.87. The molecule has 1 unspecified atom stereocenters. The maximum atomic E-state index is 5.98. The number of nitrogens with one attached hydrogen (secondary N) is 1. The maximum Gasteiger partial charge on any atom is 0.136 e. The van der Waals surface area contributed by atoms with Crippen molar-refractivity contribution in [2.75, 3.05) is 24.3 Å². The molecule has 1 aliphatic carbocycles. The van der Waals surface area contributed by atoms with Crippen LogP contribution < -0.4 is 11.1 Å². The Bertz CT molecular complexity index is 464. The average Bonchev–Trinajstić information content (AvgIpc) is 3.09. The van der Waals surface area contributed by atoms with Crippen LogP contribution in [0, 0.1) is 6.92 Å². The van der Waals surface area contributed by atoms with Crippen LogP contribution in [0.1, 0.15) is 43.5 Å². The average molecular weight is 248 g/mol. The first-order valence-electron chi connectivity index (χ1n) is 6.57. The Hall–Kier alpha value is -1.36. The van der Waals surface area contributed by atoms with Gasteiger partial charge in [-0.15, -0.1) is 0 Å². The zero-order valence-corrected chi connectivity index (χ0v) is 11.0. The van der Waals surface area contributed by atoms with E-state index < -0.39 is 0 Å². The van der Waals surface area contributed by atoms with Gasteiger partial charge < -0.3 is 15.8 Å². The third kappa shape index (κ3) is 2.14. The van der Waals surface area contributed by atoms with Crippen molar-refractivity contribution in [3.63, 3.8) is 0 Å². The molecule has 18 heavy (non-hydrogen) atoms. The van der Waals surface area contributed by atoms with Gasteiger partial charge in [0, 0.05) is 18.1 Å². The van der Waals surface area contributed by atoms with E-state index in [0.29, 0.717) is 11.7 Å². The Labute approximate surface area is 107 Å². The minimum absolute atomic E-state index is 0.0353. The lowest BCUT2D eigenvalue weighted by atomic mass is 10.0. The highest BCUT2D eigenvalue weighted by atomic mass is 16.5. The number of aromatic nitrogens is 2. The van der Waals surface area contributed by atoms with Crippen LogP contribution in [0.2, 0.25) is 0 Å². The van der Waals surface area contributed by atoms with Crippen LogP contribution in [0.3, 0.4) is 0 Å². The molecule has 0 amide bonds. The van der Waals surface area contributed by atoms with Crippen molar-refractivity contribution in [3.8, 4) is 0 Å². The summed E-state index contributed by atoms with van der Waals surface area (Å²) in [7, 11) is 0. The van der Waals surface area contributed by atoms with Crippen LogP contribution in [0.4, 0.5) is 11.6 Å². The molecule has 3 N–H and O–H groups in total. The first-order valence-corrected chi connectivity index (χ1v) is 6.57. The van der Waals surface area contributed by atoms with Crippen molar-refractivity contribution < 1.29 is 4.74 Å². The summed E-state index contributed by atoms with van der Waals surface area (Å²) in [4.78, 5) is 9.03. The number of rotatable bonds is 3. The van der Waals surface area contributed by atoms with E-state index in [0.717, 1.165) is 36.8 Å². The molecule has 0 bridgehead atoms. The van der Waals surface area contributed by atoms with Gasteiger partial charge in [-0.2, -0.15) is 0 Å². The third-order valence-electron chi connectivity index (χ3n) is 3.78. The third-order valence-corrected chi connectivity index (χ3v) is 3.78. The van der Waals surface area contributed by atoms with Crippen LogP contribution in [0.15, 0.2) is 0 Å². The minimum Gasteiger partial charge on any atom is -0.383 e. The Kier molecular flexibility index (Phi) is 2.66. The summed E-state index contributed by atoms with van der Waals surface area (Å²) in [6, 6.07) is 0. The molecule has 1 aromatic rings. The van der Waals surface area contributed by atoms with Gasteiger partial charge in [-0.25, -0.2) is 9.97 Å².